The molecule has 3 atom stereocenters. The Morgan fingerprint density at radius 1 is 1.10 bits per heavy atom. The molecule has 4 heteroatoms. The zero-order chi connectivity index (χ0) is 20.9. The van der Waals surface area contributed by atoms with Gasteiger partial charge in [-0.1, -0.05) is 67.6 Å². The van der Waals surface area contributed by atoms with Crippen molar-refractivity contribution in [2.45, 2.75) is 31.6 Å². The van der Waals surface area contributed by atoms with Crippen molar-refractivity contribution in [1.29, 1.82) is 0 Å². The molecule has 4 nitrogen and oxygen atoms in total. The lowest BCUT2D eigenvalue weighted by molar-refractivity contribution is -0.123. The second-order valence-corrected chi connectivity index (χ2v) is 8.63. The van der Waals surface area contributed by atoms with Crippen molar-refractivity contribution < 1.29 is 9.90 Å². The summed E-state index contributed by atoms with van der Waals surface area (Å²) in [5.74, 6) is 0.0616. The fourth-order valence-electron chi connectivity index (χ4n) is 5.89. The van der Waals surface area contributed by atoms with E-state index in [9.17, 15) is 9.90 Å². The monoisotopic (exact) mass is 398 g/mol. The molecule has 0 aliphatic heterocycles. The van der Waals surface area contributed by atoms with Crippen molar-refractivity contribution >= 4 is 5.78 Å². The minimum atomic E-state index is -0.415. The number of benzene rings is 2. The number of carbonyl (C=O) groups excluding carboxylic acids is 1. The van der Waals surface area contributed by atoms with Gasteiger partial charge in [0.05, 0.1) is 17.6 Å². The van der Waals surface area contributed by atoms with E-state index in [1.54, 1.807) is 0 Å². The van der Waals surface area contributed by atoms with E-state index < -0.39 is 5.41 Å². The van der Waals surface area contributed by atoms with Crippen molar-refractivity contribution in [2.75, 3.05) is 0 Å². The van der Waals surface area contributed by atoms with Crippen LogP contribution < -0.4 is 0 Å². The predicted molar refractivity (Wildman–Crippen MR) is 117 cm³/mol. The molecule has 2 aromatic carbocycles. The first kappa shape index (κ1) is 18.9. The van der Waals surface area contributed by atoms with Crippen LogP contribution in [0.2, 0.25) is 0 Å². The van der Waals surface area contributed by atoms with Crippen LogP contribution in [0.1, 0.15) is 36.6 Å². The van der Waals surface area contributed by atoms with Crippen LogP contribution in [0.3, 0.4) is 0 Å². The minimum Gasteiger partial charge on any atom is -0.515 e. The highest BCUT2D eigenvalue weighted by atomic mass is 16.2. The van der Waals surface area contributed by atoms with Gasteiger partial charge in [0.25, 0.3) is 0 Å². The summed E-state index contributed by atoms with van der Waals surface area (Å²) < 4.78 is 2.00. The summed E-state index contributed by atoms with van der Waals surface area (Å²) in [4.78, 5) is 12.9. The van der Waals surface area contributed by atoms with E-state index >= 15 is 0 Å². The van der Waals surface area contributed by atoms with Crippen molar-refractivity contribution in [3.63, 3.8) is 0 Å². The number of Topliss-reactive ketones (excluding diaryl/α,β-unsaturated/α-hetero) is 1. The first-order valence-corrected chi connectivity index (χ1v) is 10.6. The molecule has 0 unspecified atom stereocenters. The van der Waals surface area contributed by atoms with Gasteiger partial charge in [0.1, 0.15) is 0 Å². The lowest BCUT2D eigenvalue weighted by Gasteiger charge is -2.49. The van der Waals surface area contributed by atoms with E-state index in [1.165, 1.54) is 11.1 Å². The van der Waals surface area contributed by atoms with Gasteiger partial charge in [-0.05, 0) is 30.7 Å². The number of nitrogens with zero attached hydrogens (tertiary/aromatic N) is 2. The molecular weight excluding hydrogens is 372 g/mol. The zero-order valence-electron chi connectivity index (χ0n) is 17.4. The summed E-state index contributed by atoms with van der Waals surface area (Å²) in [6.45, 7) is 2.01. The molecule has 2 aliphatic carbocycles. The van der Waals surface area contributed by atoms with Crippen LogP contribution in [0.5, 0.6) is 0 Å². The first-order valence-electron chi connectivity index (χ1n) is 10.6. The van der Waals surface area contributed by atoms with Gasteiger partial charge in [0, 0.05) is 35.1 Å². The molecule has 2 aliphatic rings. The normalized spacial score (nSPS) is 27.0. The summed E-state index contributed by atoms with van der Waals surface area (Å²) in [6.07, 6.45) is 3.34. The number of ketones is 1. The van der Waals surface area contributed by atoms with Crippen LogP contribution in [-0.2, 0) is 23.7 Å². The number of aliphatic hydroxyl groups excluding tert-OH is 1. The third-order valence-electron chi connectivity index (χ3n) is 7.20. The third kappa shape index (κ3) is 2.53. The van der Waals surface area contributed by atoms with Gasteiger partial charge >= 0.3 is 0 Å². The van der Waals surface area contributed by atoms with Gasteiger partial charge in [-0.25, -0.2) is 0 Å². The summed E-state index contributed by atoms with van der Waals surface area (Å²) in [6, 6.07) is 20.8. The molecule has 0 bridgehead atoms. The molecule has 3 aromatic rings. The molecule has 30 heavy (non-hydrogen) atoms. The Balaban J connectivity index is 1.80. The van der Waals surface area contributed by atoms with Gasteiger partial charge in [0.2, 0.25) is 0 Å². The number of fused-ring (bicyclic) bond motifs is 3. The molecule has 0 spiro atoms. The van der Waals surface area contributed by atoms with Crippen LogP contribution in [0.4, 0.5) is 0 Å². The number of aryl methyl sites for hydroxylation is 1. The molecule has 152 valence electrons. The van der Waals surface area contributed by atoms with Gasteiger partial charge in [-0.15, -0.1) is 0 Å². The van der Waals surface area contributed by atoms with Crippen molar-refractivity contribution in [2.24, 2.45) is 18.9 Å². The Morgan fingerprint density at radius 2 is 1.77 bits per heavy atom. The standard InChI is InChI=1S/C26H26N2O2/c1-17-22-14-13-21-23(18-9-5-3-6-10-18)28(2)27-25(21)26(22,15-19(16-29)24(17)30)20-11-7-4-8-12-20/h3-12,16-17,22,29H,13-15H2,1-2H3/t17-,22-,26+/m0/s1. The highest BCUT2D eigenvalue weighted by molar-refractivity contribution is 5.98. The molecule has 5 rings (SSSR count). The van der Waals surface area contributed by atoms with Gasteiger partial charge < -0.3 is 5.11 Å². The smallest absolute Gasteiger partial charge is 0.165 e. The topological polar surface area (TPSA) is 55.1 Å². The van der Waals surface area contributed by atoms with Gasteiger partial charge in [0.15, 0.2) is 5.78 Å². The summed E-state index contributed by atoms with van der Waals surface area (Å²) in [5, 5.41) is 15.0. The van der Waals surface area contributed by atoms with Crippen molar-refractivity contribution in [1.82, 2.24) is 9.78 Å². The Bertz CT molecular complexity index is 1130. The van der Waals surface area contributed by atoms with E-state index in [0.29, 0.717) is 12.0 Å². The molecular formula is C26H26N2O2. The summed E-state index contributed by atoms with van der Waals surface area (Å²) in [5.41, 5.74) is 5.90. The number of hydrogen-bond donors (Lipinski definition) is 1. The number of carbonyl (C=O) groups is 1. The predicted octanol–water partition coefficient (Wildman–Crippen LogP) is 4.99. The molecule has 1 heterocycles. The lowest BCUT2D eigenvalue weighted by atomic mass is 9.52. The molecule has 0 amide bonds. The number of allylic oxidation sites excluding steroid dienone is 1. The van der Waals surface area contributed by atoms with Crippen molar-refractivity contribution in [3.05, 3.63) is 89.3 Å². The fraction of sp³-hybridized carbons (Fsp3) is 0.308. The average Bonchev–Trinajstić information content (AvgIpc) is 3.13. The number of aliphatic hydroxyl groups is 1. The Morgan fingerprint density at radius 3 is 2.43 bits per heavy atom. The second kappa shape index (κ2) is 6.98. The average molecular weight is 399 g/mol. The lowest BCUT2D eigenvalue weighted by Crippen LogP contribution is -2.50. The van der Waals surface area contributed by atoms with Gasteiger partial charge in [-0.2, -0.15) is 5.10 Å². The quantitative estimate of drug-likeness (QED) is 0.489. The highest BCUT2D eigenvalue weighted by Gasteiger charge is 2.55. The Hall–Kier alpha value is -3.14. The molecule has 1 N–H and O–H groups in total. The molecule has 0 saturated heterocycles. The maximum absolute atomic E-state index is 12.9. The summed E-state index contributed by atoms with van der Waals surface area (Å²) >= 11 is 0. The number of rotatable bonds is 2. The van der Waals surface area contributed by atoms with E-state index in [1.807, 2.05) is 30.8 Å². The number of hydrogen-bond acceptors (Lipinski definition) is 3. The SMILES string of the molecule is C[C@@H]1C(=O)C(=CO)C[C@]2(c3ccccc3)c3nn(C)c(-c4ccccc4)c3CC[C@@H]12. The van der Waals surface area contributed by atoms with E-state index in [0.717, 1.165) is 36.1 Å². The molecule has 1 fully saturated rings. The van der Waals surface area contributed by atoms with Gasteiger partial charge in [-0.3, -0.25) is 9.48 Å². The van der Waals surface area contributed by atoms with Crippen LogP contribution in [0.15, 0.2) is 72.5 Å². The highest BCUT2D eigenvalue weighted by Crippen LogP contribution is 2.56. The fourth-order valence-corrected chi connectivity index (χ4v) is 5.89. The number of aromatic nitrogens is 2. The Labute approximate surface area is 176 Å². The molecule has 0 radical (unpaired) electrons. The van der Waals surface area contributed by atoms with E-state index in [2.05, 4.69) is 48.5 Å². The largest absolute Gasteiger partial charge is 0.515 e. The molecule has 1 aromatic heterocycles. The molecule has 1 saturated carbocycles. The van der Waals surface area contributed by atoms with Crippen LogP contribution in [0.25, 0.3) is 11.3 Å². The summed E-state index contributed by atoms with van der Waals surface area (Å²) in [7, 11) is 2.01. The first-order chi connectivity index (χ1) is 14.6. The van der Waals surface area contributed by atoms with Crippen LogP contribution >= 0.6 is 0 Å². The third-order valence-corrected chi connectivity index (χ3v) is 7.20. The maximum atomic E-state index is 12.9. The van der Waals surface area contributed by atoms with E-state index in [-0.39, 0.29) is 17.6 Å². The van der Waals surface area contributed by atoms with Crippen LogP contribution in [-0.4, -0.2) is 20.7 Å². The van der Waals surface area contributed by atoms with Crippen LogP contribution in [0, 0.1) is 11.8 Å². The Kier molecular flexibility index (Phi) is 4.39. The van der Waals surface area contributed by atoms with Crippen molar-refractivity contribution in [3.8, 4) is 11.3 Å². The minimum absolute atomic E-state index is 0.0664. The maximum Gasteiger partial charge on any atom is 0.165 e. The van der Waals surface area contributed by atoms with E-state index in [4.69, 9.17) is 5.10 Å². The zero-order valence-corrected chi connectivity index (χ0v) is 17.4. The second-order valence-electron chi connectivity index (χ2n) is 8.63.